The predicted octanol–water partition coefficient (Wildman–Crippen LogP) is 3.58. The Morgan fingerprint density at radius 1 is 1.33 bits per heavy atom. The second-order valence-electron chi connectivity index (χ2n) is 7.05. The topological polar surface area (TPSA) is 46.3 Å². The number of hydrogen-bond acceptors (Lipinski definition) is 2. The van der Waals surface area contributed by atoms with Gasteiger partial charge in [0.1, 0.15) is 5.82 Å². The van der Waals surface area contributed by atoms with E-state index in [9.17, 15) is 9.18 Å². The van der Waals surface area contributed by atoms with E-state index in [1.165, 1.54) is 12.1 Å². The third-order valence-electron chi connectivity index (χ3n) is 4.50. The monoisotopic (exact) mass is 292 g/mol. The molecule has 4 heteroatoms. The first kappa shape index (κ1) is 15.8. The van der Waals surface area contributed by atoms with Crippen molar-refractivity contribution >= 4 is 11.6 Å². The zero-order chi connectivity index (χ0) is 15.6. The summed E-state index contributed by atoms with van der Waals surface area (Å²) in [6, 6.07) is 4.38. The number of carbonyl (C=O) groups is 1. The number of nitrogen functional groups attached to an aromatic ring is 1. The highest BCUT2D eigenvalue weighted by Crippen LogP contribution is 2.35. The molecule has 0 saturated carbocycles. The maximum Gasteiger partial charge on any atom is 0.222 e. The lowest BCUT2D eigenvalue weighted by Gasteiger charge is -2.29. The fourth-order valence-electron chi connectivity index (χ4n) is 2.99. The van der Waals surface area contributed by atoms with E-state index in [-0.39, 0.29) is 17.1 Å². The lowest BCUT2D eigenvalue weighted by molar-refractivity contribution is -0.131. The van der Waals surface area contributed by atoms with Crippen molar-refractivity contribution in [2.24, 2.45) is 11.3 Å². The average Bonchev–Trinajstić information content (AvgIpc) is 2.55. The van der Waals surface area contributed by atoms with Crippen LogP contribution in [0.4, 0.5) is 10.1 Å². The third-order valence-corrected chi connectivity index (χ3v) is 4.50. The van der Waals surface area contributed by atoms with E-state index in [1.807, 2.05) is 4.90 Å². The molecule has 21 heavy (non-hydrogen) atoms. The van der Waals surface area contributed by atoms with E-state index in [4.69, 9.17) is 5.73 Å². The molecule has 0 bridgehead atoms. The molecule has 1 aliphatic rings. The number of likely N-dealkylation sites (tertiary alicyclic amines) is 1. The summed E-state index contributed by atoms with van der Waals surface area (Å²) in [5, 5.41) is 0. The van der Waals surface area contributed by atoms with Crippen LogP contribution in [0.25, 0.3) is 0 Å². The molecule has 1 aliphatic heterocycles. The molecule has 0 aromatic heterocycles. The van der Waals surface area contributed by atoms with Crippen LogP contribution < -0.4 is 5.73 Å². The zero-order valence-corrected chi connectivity index (χ0v) is 13.2. The average molecular weight is 292 g/mol. The Kier molecular flexibility index (Phi) is 4.55. The maximum absolute atomic E-state index is 13.1. The van der Waals surface area contributed by atoms with E-state index >= 15 is 0 Å². The summed E-state index contributed by atoms with van der Waals surface area (Å²) < 4.78 is 13.1. The van der Waals surface area contributed by atoms with E-state index in [2.05, 4.69) is 20.8 Å². The van der Waals surface area contributed by atoms with Crippen molar-refractivity contribution in [1.29, 1.82) is 0 Å². The van der Waals surface area contributed by atoms with Gasteiger partial charge in [0.2, 0.25) is 5.91 Å². The summed E-state index contributed by atoms with van der Waals surface area (Å²) in [5.74, 6) is 0.383. The summed E-state index contributed by atoms with van der Waals surface area (Å²) in [6.07, 6.45) is 2.54. The summed E-state index contributed by atoms with van der Waals surface area (Å²) >= 11 is 0. The van der Waals surface area contributed by atoms with Crippen LogP contribution in [0.5, 0.6) is 0 Å². The van der Waals surface area contributed by atoms with E-state index in [1.54, 1.807) is 6.07 Å². The highest BCUT2D eigenvalue weighted by molar-refractivity contribution is 5.76. The van der Waals surface area contributed by atoms with Gasteiger partial charge in [0.05, 0.1) is 0 Å². The minimum atomic E-state index is -0.341. The van der Waals surface area contributed by atoms with Gasteiger partial charge in [0.15, 0.2) is 0 Å². The smallest absolute Gasteiger partial charge is 0.222 e. The van der Waals surface area contributed by atoms with Gasteiger partial charge in [-0.2, -0.15) is 0 Å². The minimum Gasteiger partial charge on any atom is -0.398 e. The molecule has 1 heterocycles. The number of carbonyl (C=O) groups excluding carboxylic acids is 1. The molecule has 116 valence electrons. The van der Waals surface area contributed by atoms with Gasteiger partial charge in [0, 0.05) is 25.2 Å². The van der Waals surface area contributed by atoms with Gasteiger partial charge in [-0.1, -0.05) is 26.8 Å². The lowest BCUT2D eigenvalue weighted by Crippen LogP contribution is -2.30. The molecule has 1 aromatic carbocycles. The van der Waals surface area contributed by atoms with Crippen LogP contribution in [0.15, 0.2) is 18.2 Å². The van der Waals surface area contributed by atoms with Gasteiger partial charge in [-0.05, 0) is 41.9 Å². The molecular weight excluding hydrogens is 267 g/mol. The van der Waals surface area contributed by atoms with Crippen molar-refractivity contribution in [2.45, 2.75) is 46.6 Å². The van der Waals surface area contributed by atoms with Crippen LogP contribution in [0, 0.1) is 17.2 Å². The standard InChI is InChI=1S/C17H25FN2O/c1-17(2,3)13-5-7-16(21)20(9-8-13)11-12-4-6-14(18)10-15(12)19/h4,6,10,13H,5,7-9,11,19H2,1-3H3. The van der Waals surface area contributed by atoms with Crippen molar-refractivity contribution in [3.05, 3.63) is 29.6 Å². The maximum atomic E-state index is 13.1. The van der Waals surface area contributed by atoms with E-state index < -0.39 is 0 Å². The van der Waals surface area contributed by atoms with Crippen molar-refractivity contribution in [3.63, 3.8) is 0 Å². The Morgan fingerprint density at radius 2 is 2.05 bits per heavy atom. The van der Waals surface area contributed by atoms with Crippen molar-refractivity contribution < 1.29 is 9.18 Å². The molecule has 0 radical (unpaired) electrons. The molecule has 1 saturated heterocycles. The SMILES string of the molecule is CC(C)(C)C1CCC(=O)N(Cc2ccc(F)cc2N)CC1. The molecule has 0 aliphatic carbocycles. The normalized spacial score (nSPS) is 20.5. The van der Waals surface area contributed by atoms with Crippen LogP contribution in [0.1, 0.15) is 45.6 Å². The number of rotatable bonds is 2. The molecule has 1 amide bonds. The first-order valence-corrected chi connectivity index (χ1v) is 7.59. The molecule has 1 atom stereocenters. The van der Waals surface area contributed by atoms with Gasteiger partial charge >= 0.3 is 0 Å². The Morgan fingerprint density at radius 3 is 2.67 bits per heavy atom. The first-order valence-electron chi connectivity index (χ1n) is 7.59. The largest absolute Gasteiger partial charge is 0.398 e. The molecule has 1 fully saturated rings. The molecule has 2 rings (SSSR count). The predicted molar refractivity (Wildman–Crippen MR) is 83.0 cm³/mol. The van der Waals surface area contributed by atoms with Gasteiger partial charge in [-0.3, -0.25) is 4.79 Å². The Balaban J connectivity index is 2.08. The quantitative estimate of drug-likeness (QED) is 0.847. The molecule has 1 aromatic rings. The molecule has 1 unspecified atom stereocenters. The van der Waals surface area contributed by atoms with Gasteiger partial charge < -0.3 is 10.6 Å². The van der Waals surface area contributed by atoms with Crippen molar-refractivity contribution in [2.75, 3.05) is 12.3 Å². The minimum absolute atomic E-state index is 0.172. The molecule has 0 spiro atoms. The number of nitrogens with two attached hydrogens (primary N) is 1. The van der Waals surface area contributed by atoms with E-state index in [0.717, 1.165) is 24.9 Å². The fourth-order valence-corrected chi connectivity index (χ4v) is 2.99. The third kappa shape index (κ3) is 3.96. The first-order chi connectivity index (χ1) is 9.77. The fraction of sp³-hybridized carbons (Fsp3) is 0.588. The Labute approximate surface area is 126 Å². The number of hydrogen-bond donors (Lipinski definition) is 1. The number of halogens is 1. The zero-order valence-electron chi connectivity index (χ0n) is 13.2. The number of anilines is 1. The summed E-state index contributed by atoms with van der Waals surface area (Å²) in [7, 11) is 0. The van der Waals surface area contributed by atoms with Crippen molar-refractivity contribution in [3.8, 4) is 0 Å². The molecule has 2 N–H and O–H groups in total. The van der Waals surface area contributed by atoms with Crippen LogP contribution in [-0.4, -0.2) is 17.4 Å². The lowest BCUT2D eigenvalue weighted by atomic mass is 9.77. The number of benzene rings is 1. The number of amides is 1. The van der Waals surface area contributed by atoms with Crippen LogP contribution in [0.3, 0.4) is 0 Å². The van der Waals surface area contributed by atoms with Crippen LogP contribution >= 0.6 is 0 Å². The number of nitrogens with zero attached hydrogens (tertiary/aromatic N) is 1. The molecule has 3 nitrogen and oxygen atoms in total. The highest BCUT2D eigenvalue weighted by atomic mass is 19.1. The van der Waals surface area contributed by atoms with Gasteiger partial charge in [0.25, 0.3) is 0 Å². The second kappa shape index (κ2) is 6.04. The van der Waals surface area contributed by atoms with Crippen molar-refractivity contribution in [1.82, 2.24) is 4.90 Å². The van der Waals surface area contributed by atoms with E-state index in [0.29, 0.717) is 24.6 Å². The molecular formula is C17H25FN2O. The Hall–Kier alpha value is -1.58. The summed E-state index contributed by atoms with van der Waals surface area (Å²) in [5.41, 5.74) is 7.30. The van der Waals surface area contributed by atoms with Crippen LogP contribution in [0.2, 0.25) is 0 Å². The van der Waals surface area contributed by atoms with Crippen LogP contribution in [-0.2, 0) is 11.3 Å². The van der Waals surface area contributed by atoms with Gasteiger partial charge in [-0.15, -0.1) is 0 Å². The Bertz CT molecular complexity index is 522. The second-order valence-corrected chi connectivity index (χ2v) is 7.05. The van der Waals surface area contributed by atoms with Gasteiger partial charge in [-0.25, -0.2) is 4.39 Å². The summed E-state index contributed by atoms with van der Waals surface area (Å²) in [4.78, 5) is 14.1. The highest BCUT2D eigenvalue weighted by Gasteiger charge is 2.30. The summed E-state index contributed by atoms with van der Waals surface area (Å²) in [6.45, 7) is 7.92.